The second-order valence-electron chi connectivity index (χ2n) is 5.65. The molecule has 140 valence electrons. The Morgan fingerprint density at radius 2 is 1.89 bits per heavy atom. The lowest BCUT2D eigenvalue weighted by atomic mass is 10.2. The van der Waals surface area contributed by atoms with Gasteiger partial charge in [-0.3, -0.25) is 4.79 Å². The first-order valence-electron chi connectivity index (χ1n) is 7.70. The van der Waals surface area contributed by atoms with Crippen LogP contribution in [0.2, 0.25) is 0 Å². The van der Waals surface area contributed by atoms with Crippen LogP contribution in [0.1, 0.15) is 9.67 Å². The molecule has 0 spiro atoms. The van der Waals surface area contributed by atoms with Crippen LogP contribution in [0.5, 0.6) is 0 Å². The molecule has 0 aliphatic heterocycles. The number of esters is 1. The number of ether oxygens (including phenoxy) is 1. The first-order chi connectivity index (χ1) is 12.8. The van der Waals surface area contributed by atoms with Crippen molar-refractivity contribution in [2.45, 2.75) is 4.90 Å². The lowest BCUT2D eigenvalue weighted by Gasteiger charge is -2.09. The highest BCUT2D eigenvalue weighted by atomic mass is 32.2. The number of thiophene rings is 1. The van der Waals surface area contributed by atoms with Gasteiger partial charge in [-0.25, -0.2) is 17.6 Å². The van der Waals surface area contributed by atoms with Gasteiger partial charge < -0.3 is 10.1 Å². The number of hydrogen-bond acceptors (Lipinski definition) is 6. The van der Waals surface area contributed by atoms with Gasteiger partial charge in [0.1, 0.15) is 10.7 Å². The third-order valence-corrected chi connectivity index (χ3v) is 5.84. The standard InChI is InChI=1S/C18H14FNO5S2/c1-27(23,24)16-8-3-2-6-13(16)20-17(21)10-25-18(22)15-9-11-12(19)5-4-7-14(11)26-15/h2-9H,10H2,1H3,(H,20,21). The first-order valence-corrected chi connectivity index (χ1v) is 10.4. The number of nitrogens with one attached hydrogen (secondary N) is 1. The maximum absolute atomic E-state index is 13.7. The van der Waals surface area contributed by atoms with Crippen LogP contribution in [0.15, 0.2) is 53.4 Å². The van der Waals surface area contributed by atoms with Gasteiger partial charge in [0.25, 0.3) is 5.91 Å². The Hall–Kier alpha value is -2.78. The predicted molar refractivity (Wildman–Crippen MR) is 100 cm³/mol. The van der Waals surface area contributed by atoms with Crippen molar-refractivity contribution in [1.29, 1.82) is 0 Å². The molecule has 1 aromatic heterocycles. The normalized spacial score (nSPS) is 11.3. The van der Waals surface area contributed by atoms with Crippen molar-refractivity contribution >= 4 is 48.8 Å². The van der Waals surface area contributed by atoms with Gasteiger partial charge in [0.2, 0.25) is 0 Å². The zero-order valence-corrected chi connectivity index (χ0v) is 15.7. The fourth-order valence-corrected chi connectivity index (χ4v) is 4.22. The van der Waals surface area contributed by atoms with E-state index in [1.807, 2.05) is 0 Å². The van der Waals surface area contributed by atoms with E-state index in [1.165, 1.54) is 36.4 Å². The average molecular weight is 407 g/mol. The Kier molecular flexibility index (Phi) is 5.24. The molecular formula is C18H14FNO5S2. The van der Waals surface area contributed by atoms with Gasteiger partial charge in [-0.05, 0) is 30.3 Å². The summed E-state index contributed by atoms with van der Waals surface area (Å²) in [5.74, 6) is -1.90. The Labute approximate surface area is 158 Å². The molecule has 1 amide bonds. The number of anilines is 1. The molecule has 2 aromatic carbocycles. The second-order valence-corrected chi connectivity index (χ2v) is 8.72. The van der Waals surface area contributed by atoms with Gasteiger partial charge in [0, 0.05) is 16.3 Å². The third kappa shape index (κ3) is 4.32. The topological polar surface area (TPSA) is 89.5 Å². The summed E-state index contributed by atoms with van der Waals surface area (Å²) in [5, 5.41) is 2.71. The number of rotatable bonds is 5. The summed E-state index contributed by atoms with van der Waals surface area (Å²) >= 11 is 1.06. The van der Waals surface area contributed by atoms with Crippen LogP contribution in [0.25, 0.3) is 10.1 Å². The van der Waals surface area contributed by atoms with E-state index < -0.39 is 34.1 Å². The maximum Gasteiger partial charge on any atom is 0.348 e. The molecule has 27 heavy (non-hydrogen) atoms. The SMILES string of the molecule is CS(=O)(=O)c1ccccc1NC(=O)COC(=O)c1cc2c(F)cccc2s1. The molecule has 0 bridgehead atoms. The van der Waals surface area contributed by atoms with E-state index in [-0.39, 0.29) is 15.5 Å². The van der Waals surface area contributed by atoms with E-state index in [2.05, 4.69) is 5.32 Å². The fraction of sp³-hybridized carbons (Fsp3) is 0.111. The highest BCUT2D eigenvalue weighted by molar-refractivity contribution is 7.90. The molecule has 3 aromatic rings. The van der Waals surface area contributed by atoms with E-state index in [4.69, 9.17) is 4.74 Å². The van der Waals surface area contributed by atoms with Crippen molar-refractivity contribution in [1.82, 2.24) is 0 Å². The van der Waals surface area contributed by atoms with Crippen LogP contribution < -0.4 is 5.32 Å². The molecule has 0 saturated heterocycles. The van der Waals surface area contributed by atoms with Crippen LogP contribution in [-0.2, 0) is 19.4 Å². The average Bonchev–Trinajstić information content (AvgIpc) is 3.05. The van der Waals surface area contributed by atoms with Gasteiger partial charge >= 0.3 is 5.97 Å². The molecular weight excluding hydrogens is 393 g/mol. The van der Waals surface area contributed by atoms with Crippen molar-refractivity contribution < 1.29 is 27.1 Å². The van der Waals surface area contributed by atoms with Crippen molar-refractivity contribution in [3.8, 4) is 0 Å². The largest absolute Gasteiger partial charge is 0.451 e. The molecule has 1 heterocycles. The number of amides is 1. The predicted octanol–water partition coefficient (Wildman–Crippen LogP) is 3.24. The first kappa shape index (κ1) is 19.0. The van der Waals surface area contributed by atoms with Crippen LogP contribution in [0.3, 0.4) is 0 Å². The van der Waals surface area contributed by atoms with Gasteiger partial charge in [-0.2, -0.15) is 0 Å². The zero-order chi connectivity index (χ0) is 19.6. The number of halogens is 1. The molecule has 3 rings (SSSR count). The van der Waals surface area contributed by atoms with Gasteiger partial charge in [-0.15, -0.1) is 11.3 Å². The molecule has 9 heteroatoms. The molecule has 0 atom stereocenters. The number of carbonyl (C=O) groups excluding carboxylic acids is 2. The van der Waals surface area contributed by atoms with E-state index in [0.29, 0.717) is 10.1 Å². The fourth-order valence-electron chi connectivity index (χ4n) is 2.41. The number of hydrogen-bond donors (Lipinski definition) is 1. The van der Waals surface area contributed by atoms with Crippen molar-refractivity contribution in [2.75, 3.05) is 18.2 Å². The molecule has 0 radical (unpaired) electrons. The molecule has 1 N–H and O–H groups in total. The summed E-state index contributed by atoms with van der Waals surface area (Å²) in [4.78, 5) is 24.2. The van der Waals surface area contributed by atoms with E-state index in [9.17, 15) is 22.4 Å². The second kappa shape index (κ2) is 7.45. The van der Waals surface area contributed by atoms with Gasteiger partial charge in [-0.1, -0.05) is 18.2 Å². The lowest BCUT2D eigenvalue weighted by Crippen LogP contribution is -2.21. The summed E-state index contributed by atoms with van der Waals surface area (Å²) in [6, 6.07) is 11.8. The number of sulfone groups is 1. The van der Waals surface area contributed by atoms with Crippen molar-refractivity contribution in [3.05, 3.63) is 59.2 Å². The third-order valence-electron chi connectivity index (χ3n) is 3.60. The number of benzene rings is 2. The molecule has 0 unspecified atom stereocenters. The van der Waals surface area contributed by atoms with Crippen molar-refractivity contribution in [3.63, 3.8) is 0 Å². The molecule has 0 fully saturated rings. The molecule has 0 aliphatic rings. The van der Waals surface area contributed by atoms with Crippen molar-refractivity contribution in [2.24, 2.45) is 0 Å². The van der Waals surface area contributed by atoms with Gasteiger partial charge in [0.15, 0.2) is 16.4 Å². The molecule has 0 aliphatic carbocycles. The summed E-state index contributed by atoms with van der Waals surface area (Å²) in [5.41, 5.74) is 0.102. The summed E-state index contributed by atoms with van der Waals surface area (Å²) in [6.45, 7) is -0.604. The monoisotopic (exact) mass is 407 g/mol. The molecule has 0 saturated carbocycles. The van der Waals surface area contributed by atoms with E-state index in [1.54, 1.807) is 12.1 Å². The Morgan fingerprint density at radius 3 is 2.59 bits per heavy atom. The summed E-state index contributed by atoms with van der Waals surface area (Å²) < 4.78 is 42.7. The number of carbonyl (C=O) groups is 2. The Balaban J connectivity index is 1.67. The minimum Gasteiger partial charge on any atom is -0.451 e. The maximum atomic E-state index is 13.7. The summed E-state index contributed by atoms with van der Waals surface area (Å²) in [7, 11) is -3.53. The summed E-state index contributed by atoms with van der Waals surface area (Å²) in [6.07, 6.45) is 1.03. The quantitative estimate of drug-likeness (QED) is 0.656. The minimum absolute atomic E-state index is 0.0374. The van der Waals surface area contributed by atoms with Crippen LogP contribution in [-0.4, -0.2) is 33.2 Å². The number of para-hydroxylation sites is 1. The van der Waals surface area contributed by atoms with Crippen LogP contribution in [0, 0.1) is 5.82 Å². The Bertz CT molecular complexity index is 1140. The van der Waals surface area contributed by atoms with Crippen LogP contribution in [0.4, 0.5) is 10.1 Å². The van der Waals surface area contributed by atoms with E-state index in [0.717, 1.165) is 17.6 Å². The van der Waals surface area contributed by atoms with Crippen LogP contribution >= 0.6 is 11.3 Å². The lowest BCUT2D eigenvalue weighted by molar-refractivity contribution is -0.119. The van der Waals surface area contributed by atoms with Gasteiger partial charge in [0.05, 0.1) is 10.6 Å². The Morgan fingerprint density at radius 1 is 1.15 bits per heavy atom. The zero-order valence-electron chi connectivity index (χ0n) is 14.1. The smallest absolute Gasteiger partial charge is 0.348 e. The van der Waals surface area contributed by atoms with E-state index >= 15 is 0 Å². The highest BCUT2D eigenvalue weighted by Gasteiger charge is 2.17. The molecule has 6 nitrogen and oxygen atoms in total. The minimum atomic E-state index is -3.53. The number of fused-ring (bicyclic) bond motifs is 1. The highest BCUT2D eigenvalue weighted by Crippen LogP contribution is 2.28.